The third-order valence-electron chi connectivity index (χ3n) is 7.20. The summed E-state index contributed by atoms with van der Waals surface area (Å²) in [4.78, 5) is 13.9. The fourth-order valence-electron chi connectivity index (χ4n) is 5.37. The molecule has 0 spiro atoms. The Kier molecular flexibility index (Phi) is 6.17. The van der Waals surface area contributed by atoms with Crippen LogP contribution in [-0.4, -0.2) is 50.9 Å². The molecule has 0 unspecified atom stereocenters. The molecule has 1 aliphatic carbocycles. The lowest BCUT2D eigenvalue weighted by Gasteiger charge is -2.41. The van der Waals surface area contributed by atoms with Crippen LogP contribution in [-0.2, 0) is 24.9 Å². The van der Waals surface area contributed by atoms with Crippen molar-refractivity contribution in [3.8, 4) is 0 Å². The van der Waals surface area contributed by atoms with Gasteiger partial charge in [-0.25, -0.2) is 14.4 Å². The van der Waals surface area contributed by atoms with Crippen LogP contribution >= 0.6 is 0 Å². The number of aryl methyl sites for hydroxylation is 1. The molecule has 0 saturated carbocycles. The average Bonchev–Trinajstić information content (AvgIpc) is 3.30. The molecule has 1 saturated heterocycles. The van der Waals surface area contributed by atoms with Gasteiger partial charge in [-0.2, -0.15) is 5.10 Å². The van der Waals surface area contributed by atoms with Gasteiger partial charge in [0.25, 0.3) is 0 Å². The third-order valence-corrected chi connectivity index (χ3v) is 7.20. The van der Waals surface area contributed by atoms with Crippen LogP contribution in [0.15, 0.2) is 30.5 Å². The van der Waals surface area contributed by atoms with Gasteiger partial charge in [0.1, 0.15) is 5.82 Å². The summed E-state index contributed by atoms with van der Waals surface area (Å²) < 4.78 is 13.3. The van der Waals surface area contributed by atoms with Crippen molar-refractivity contribution in [1.29, 1.82) is 0 Å². The molecule has 5 rings (SSSR count). The molecule has 0 radical (unpaired) electrons. The molecule has 7 nitrogen and oxygen atoms in total. The summed E-state index contributed by atoms with van der Waals surface area (Å²) in [5.41, 5.74) is 5.28. The Morgan fingerprint density at radius 1 is 1.09 bits per heavy atom. The molecular weight excluding hydrogens is 443 g/mol. The molecule has 35 heavy (non-hydrogen) atoms. The molecule has 3 aromatic rings. The first-order valence-corrected chi connectivity index (χ1v) is 12.4. The van der Waals surface area contributed by atoms with Crippen molar-refractivity contribution in [1.82, 2.24) is 20.2 Å². The van der Waals surface area contributed by atoms with E-state index >= 15 is 0 Å². The number of halogens is 1. The largest absolute Gasteiger partial charge is 0.386 e. The van der Waals surface area contributed by atoms with Gasteiger partial charge in [0, 0.05) is 55.1 Å². The number of benzene rings is 1. The lowest BCUT2D eigenvalue weighted by Crippen LogP contribution is -2.53. The molecule has 8 heteroatoms. The molecule has 1 fully saturated rings. The van der Waals surface area contributed by atoms with E-state index in [2.05, 4.69) is 26.8 Å². The molecule has 2 aromatic heterocycles. The summed E-state index contributed by atoms with van der Waals surface area (Å²) in [5.74, 6) is 1.48. The van der Waals surface area contributed by atoms with Crippen LogP contribution in [0.1, 0.15) is 60.8 Å². The fourth-order valence-corrected chi connectivity index (χ4v) is 5.37. The van der Waals surface area contributed by atoms with E-state index in [9.17, 15) is 9.50 Å². The van der Waals surface area contributed by atoms with Crippen LogP contribution in [0.25, 0.3) is 0 Å². The maximum atomic E-state index is 13.3. The van der Waals surface area contributed by atoms with Crippen LogP contribution in [0.5, 0.6) is 0 Å². The molecule has 2 aliphatic rings. The van der Waals surface area contributed by atoms with E-state index in [0.717, 1.165) is 67.2 Å². The number of piperazine rings is 1. The minimum Gasteiger partial charge on any atom is -0.386 e. The smallest absolute Gasteiger partial charge is 0.225 e. The number of fused-ring (bicyclic) bond motifs is 1. The van der Waals surface area contributed by atoms with Crippen molar-refractivity contribution in [2.24, 2.45) is 0 Å². The van der Waals surface area contributed by atoms with E-state index in [1.165, 1.54) is 23.3 Å². The van der Waals surface area contributed by atoms with Gasteiger partial charge in [0.15, 0.2) is 5.82 Å². The minimum absolute atomic E-state index is 0.203. The third kappa shape index (κ3) is 4.72. The quantitative estimate of drug-likeness (QED) is 0.601. The summed E-state index contributed by atoms with van der Waals surface area (Å²) in [7, 11) is 0. The van der Waals surface area contributed by atoms with Gasteiger partial charge in [-0.1, -0.05) is 12.1 Å². The van der Waals surface area contributed by atoms with Crippen LogP contribution in [0.4, 0.5) is 16.2 Å². The SMILES string of the molecule is Cc1nc(N2CCN(c3nnc(Cc4ccc(F)cc4)c4c3CCC4)C[C@H]2C)ncc1C(C)(C)O. The van der Waals surface area contributed by atoms with Crippen LogP contribution in [0.2, 0.25) is 0 Å². The summed E-state index contributed by atoms with van der Waals surface area (Å²) in [6.07, 6.45) is 5.57. The Balaban J connectivity index is 1.34. The van der Waals surface area contributed by atoms with Crippen molar-refractivity contribution in [2.75, 3.05) is 29.4 Å². The Morgan fingerprint density at radius 2 is 1.83 bits per heavy atom. The number of aliphatic hydroxyl groups is 1. The second-order valence-corrected chi connectivity index (χ2v) is 10.3. The van der Waals surface area contributed by atoms with Gasteiger partial charge < -0.3 is 14.9 Å². The summed E-state index contributed by atoms with van der Waals surface area (Å²) in [6.45, 7) is 10.0. The highest BCUT2D eigenvalue weighted by molar-refractivity contribution is 5.55. The number of aromatic nitrogens is 4. The van der Waals surface area contributed by atoms with Gasteiger partial charge in [-0.05, 0) is 70.2 Å². The monoisotopic (exact) mass is 476 g/mol. The highest BCUT2D eigenvalue weighted by Gasteiger charge is 2.31. The van der Waals surface area contributed by atoms with Crippen molar-refractivity contribution in [3.05, 3.63) is 69.9 Å². The van der Waals surface area contributed by atoms with Crippen LogP contribution < -0.4 is 9.80 Å². The van der Waals surface area contributed by atoms with Crippen molar-refractivity contribution in [3.63, 3.8) is 0 Å². The van der Waals surface area contributed by atoms with Crippen molar-refractivity contribution in [2.45, 2.75) is 65.0 Å². The Hall–Kier alpha value is -3.13. The Labute approximate surface area is 206 Å². The van der Waals surface area contributed by atoms with E-state index in [0.29, 0.717) is 12.4 Å². The predicted molar refractivity (Wildman–Crippen MR) is 134 cm³/mol. The summed E-state index contributed by atoms with van der Waals surface area (Å²) in [5, 5.41) is 19.7. The Bertz CT molecular complexity index is 1220. The number of hydrogen-bond donors (Lipinski definition) is 1. The van der Waals surface area contributed by atoms with Crippen LogP contribution in [0, 0.1) is 12.7 Å². The van der Waals surface area contributed by atoms with Crippen molar-refractivity contribution < 1.29 is 9.50 Å². The standard InChI is InChI=1S/C27H33FN6O/c1-17-16-33(12-13-34(17)26-29-15-23(18(2)30-26)27(3,4)35)25-22-7-5-6-21(22)24(31-32-25)14-19-8-10-20(28)11-9-19/h8-11,15,17,35H,5-7,12-14,16H2,1-4H3/t17-/m1/s1. The second kappa shape index (κ2) is 9.15. The fraction of sp³-hybridized carbons (Fsp3) is 0.481. The molecule has 3 heterocycles. The zero-order valence-corrected chi connectivity index (χ0v) is 20.9. The topological polar surface area (TPSA) is 78.3 Å². The lowest BCUT2D eigenvalue weighted by molar-refractivity contribution is 0.0771. The van der Waals surface area contributed by atoms with E-state index in [1.807, 2.05) is 19.1 Å². The molecule has 0 amide bonds. The van der Waals surface area contributed by atoms with Gasteiger partial charge in [-0.15, -0.1) is 5.10 Å². The number of rotatable bonds is 5. The number of hydrogen-bond acceptors (Lipinski definition) is 7. The molecular formula is C27H33FN6O. The first kappa shape index (κ1) is 23.6. The Morgan fingerprint density at radius 3 is 2.51 bits per heavy atom. The zero-order chi connectivity index (χ0) is 24.7. The summed E-state index contributed by atoms with van der Waals surface area (Å²) >= 11 is 0. The normalized spacial score (nSPS) is 18.2. The predicted octanol–water partition coefficient (Wildman–Crippen LogP) is 3.74. The van der Waals surface area contributed by atoms with E-state index in [1.54, 1.807) is 20.0 Å². The molecule has 1 aromatic carbocycles. The number of anilines is 2. The average molecular weight is 477 g/mol. The van der Waals surface area contributed by atoms with E-state index in [-0.39, 0.29) is 11.9 Å². The van der Waals surface area contributed by atoms with E-state index < -0.39 is 5.60 Å². The van der Waals surface area contributed by atoms with Crippen LogP contribution in [0.3, 0.4) is 0 Å². The molecule has 1 N–H and O–H groups in total. The first-order chi connectivity index (χ1) is 16.7. The zero-order valence-electron chi connectivity index (χ0n) is 20.9. The second-order valence-electron chi connectivity index (χ2n) is 10.3. The maximum Gasteiger partial charge on any atom is 0.225 e. The first-order valence-electron chi connectivity index (χ1n) is 12.4. The van der Waals surface area contributed by atoms with Gasteiger partial charge in [0.05, 0.1) is 11.3 Å². The van der Waals surface area contributed by atoms with Crippen molar-refractivity contribution >= 4 is 11.8 Å². The minimum atomic E-state index is -0.963. The van der Waals surface area contributed by atoms with E-state index in [4.69, 9.17) is 10.1 Å². The van der Waals surface area contributed by atoms with Gasteiger partial charge in [0.2, 0.25) is 5.95 Å². The van der Waals surface area contributed by atoms with Gasteiger partial charge in [-0.3, -0.25) is 0 Å². The molecule has 1 aliphatic heterocycles. The summed E-state index contributed by atoms with van der Waals surface area (Å²) in [6, 6.07) is 6.85. The highest BCUT2D eigenvalue weighted by atomic mass is 19.1. The lowest BCUT2D eigenvalue weighted by atomic mass is 9.99. The molecule has 184 valence electrons. The maximum absolute atomic E-state index is 13.3. The van der Waals surface area contributed by atoms with Gasteiger partial charge >= 0.3 is 0 Å². The molecule has 1 atom stereocenters. The molecule has 0 bridgehead atoms. The highest BCUT2D eigenvalue weighted by Crippen LogP contribution is 2.33. The number of nitrogens with zero attached hydrogens (tertiary/aromatic N) is 6.